The predicted octanol–water partition coefficient (Wildman–Crippen LogP) is 1.54. The van der Waals surface area contributed by atoms with Crippen LogP contribution < -0.4 is 5.73 Å². The van der Waals surface area contributed by atoms with Gasteiger partial charge in [0.1, 0.15) is 5.78 Å². The van der Waals surface area contributed by atoms with Crippen LogP contribution in [0.5, 0.6) is 0 Å². The van der Waals surface area contributed by atoms with Crippen molar-refractivity contribution >= 4 is 5.78 Å². The molecule has 0 bridgehead atoms. The highest BCUT2D eigenvalue weighted by molar-refractivity contribution is 5.83. The lowest BCUT2D eigenvalue weighted by atomic mass is 10.0. The molecule has 0 fully saturated rings. The fourth-order valence-corrected chi connectivity index (χ4v) is 1.24. The van der Waals surface area contributed by atoms with E-state index >= 15 is 0 Å². The molecule has 13 heavy (non-hydrogen) atoms. The number of benzene rings is 1. The quantitative estimate of drug-likeness (QED) is 0.758. The van der Waals surface area contributed by atoms with Gasteiger partial charge in [-0.2, -0.15) is 0 Å². The molecule has 0 aromatic heterocycles. The molecular formula is C11H15NO. The number of hydrogen-bond acceptors (Lipinski definition) is 2. The van der Waals surface area contributed by atoms with Crippen LogP contribution in [0.4, 0.5) is 0 Å². The zero-order valence-corrected chi connectivity index (χ0v) is 7.86. The average molecular weight is 177 g/mol. The van der Waals surface area contributed by atoms with Gasteiger partial charge in [-0.25, -0.2) is 0 Å². The fourth-order valence-electron chi connectivity index (χ4n) is 1.24. The smallest absolute Gasteiger partial charge is 0.149 e. The summed E-state index contributed by atoms with van der Waals surface area (Å²) in [7, 11) is 0. The van der Waals surface area contributed by atoms with E-state index in [0.29, 0.717) is 12.8 Å². The van der Waals surface area contributed by atoms with Gasteiger partial charge in [-0.1, -0.05) is 37.3 Å². The zero-order chi connectivity index (χ0) is 9.68. The number of rotatable bonds is 4. The summed E-state index contributed by atoms with van der Waals surface area (Å²) in [6.45, 7) is 1.84. The molecule has 0 spiro atoms. The summed E-state index contributed by atoms with van der Waals surface area (Å²) in [4.78, 5) is 11.2. The molecule has 2 heteroatoms. The van der Waals surface area contributed by atoms with Gasteiger partial charge in [-0.3, -0.25) is 4.79 Å². The van der Waals surface area contributed by atoms with Gasteiger partial charge in [0.15, 0.2) is 0 Å². The minimum absolute atomic E-state index is 0.129. The number of carbonyl (C=O) groups excluding carboxylic acids is 1. The van der Waals surface area contributed by atoms with Gasteiger partial charge in [0.2, 0.25) is 0 Å². The van der Waals surface area contributed by atoms with E-state index in [4.69, 9.17) is 5.73 Å². The first-order chi connectivity index (χ1) is 6.24. The van der Waals surface area contributed by atoms with E-state index in [-0.39, 0.29) is 11.8 Å². The van der Waals surface area contributed by atoms with Crippen molar-refractivity contribution in [3.63, 3.8) is 0 Å². The summed E-state index contributed by atoms with van der Waals surface area (Å²) in [6, 6.07) is 9.51. The highest BCUT2D eigenvalue weighted by Gasteiger charge is 2.10. The third kappa shape index (κ3) is 2.99. The Hall–Kier alpha value is -1.15. The van der Waals surface area contributed by atoms with Crippen LogP contribution in [0, 0.1) is 0 Å². The summed E-state index contributed by atoms with van der Waals surface area (Å²) in [5.74, 6) is 0.129. The molecule has 1 aromatic carbocycles. The van der Waals surface area contributed by atoms with E-state index in [1.54, 1.807) is 0 Å². The van der Waals surface area contributed by atoms with Crippen LogP contribution in [0.1, 0.15) is 18.9 Å². The van der Waals surface area contributed by atoms with Gasteiger partial charge >= 0.3 is 0 Å². The van der Waals surface area contributed by atoms with Crippen LogP contribution in [0.15, 0.2) is 30.3 Å². The van der Waals surface area contributed by atoms with Crippen LogP contribution >= 0.6 is 0 Å². The fraction of sp³-hybridized carbons (Fsp3) is 0.364. The van der Waals surface area contributed by atoms with Crippen LogP contribution in [0.25, 0.3) is 0 Å². The molecule has 0 unspecified atom stereocenters. The third-order valence-electron chi connectivity index (χ3n) is 2.06. The van der Waals surface area contributed by atoms with E-state index in [0.717, 1.165) is 5.56 Å². The molecule has 0 aliphatic rings. The molecule has 0 aliphatic heterocycles. The van der Waals surface area contributed by atoms with Gasteiger partial charge in [0.05, 0.1) is 6.04 Å². The first-order valence-corrected chi connectivity index (χ1v) is 4.56. The summed E-state index contributed by atoms with van der Waals surface area (Å²) >= 11 is 0. The van der Waals surface area contributed by atoms with Crippen LogP contribution in [0.3, 0.4) is 0 Å². The monoisotopic (exact) mass is 177 g/mol. The van der Waals surface area contributed by atoms with Crippen molar-refractivity contribution in [3.8, 4) is 0 Å². The molecule has 1 atom stereocenters. The number of nitrogens with two attached hydrogens (primary N) is 1. The van der Waals surface area contributed by atoms with Crippen LogP contribution in [-0.2, 0) is 11.2 Å². The number of carbonyl (C=O) groups is 1. The molecule has 2 N–H and O–H groups in total. The largest absolute Gasteiger partial charge is 0.321 e. The van der Waals surface area contributed by atoms with Gasteiger partial charge in [0, 0.05) is 6.42 Å². The predicted molar refractivity (Wildman–Crippen MR) is 53.4 cm³/mol. The van der Waals surface area contributed by atoms with Crippen molar-refractivity contribution in [2.75, 3.05) is 0 Å². The molecule has 0 heterocycles. The van der Waals surface area contributed by atoms with E-state index in [9.17, 15) is 4.79 Å². The first-order valence-electron chi connectivity index (χ1n) is 4.56. The zero-order valence-electron chi connectivity index (χ0n) is 7.86. The third-order valence-corrected chi connectivity index (χ3v) is 2.06. The molecule has 2 nitrogen and oxygen atoms in total. The molecule has 0 saturated heterocycles. The Morgan fingerprint density at radius 1 is 1.38 bits per heavy atom. The van der Waals surface area contributed by atoms with Crippen molar-refractivity contribution in [2.45, 2.75) is 25.8 Å². The van der Waals surface area contributed by atoms with E-state index in [1.165, 1.54) is 0 Å². The highest BCUT2D eigenvalue weighted by Crippen LogP contribution is 2.03. The summed E-state index contributed by atoms with van der Waals surface area (Å²) in [5, 5.41) is 0. The highest BCUT2D eigenvalue weighted by atomic mass is 16.1. The summed E-state index contributed by atoms with van der Waals surface area (Å²) < 4.78 is 0. The Morgan fingerprint density at radius 3 is 2.54 bits per heavy atom. The normalized spacial score (nSPS) is 12.5. The van der Waals surface area contributed by atoms with Crippen molar-refractivity contribution in [2.24, 2.45) is 5.73 Å². The van der Waals surface area contributed by atoms with E-state index in [2.05, 4.69) is 0 Å². The van der Waals surface area contributed by atoms with Gasteiger partial charge in [-0.15, -0.1) is 0 Å². The molecule has 0 amide bonds. The summed E-state index contributed by atoms with van der Waals surface area (Å²) in [6.07, 6.45) is 1.17. The van der Waals surface area contributed by atoms with Crippen molar-refractivity contribution in [1.29, 1.82) is 0 Å². The molecule has 1 rings (SSSR count). The molecule has 0 saturated carbocycles. The average Bonchev–Trinajstić information content (AvgIpc) is 2.18. The summed E-state index contributed by atoms with van der Waals surface area (Å²) in [5.41, 5.74) is 6.83. The minimum atomic E-state index is -0.340. The number of hydrogen-bond donors (Lipinski definition) is 1. The maximum atomic E-state index is 11.2. The second kappa shape index (κ2) is 4.77. The molecular weight excluding hydrogens is 162 g/mol. The Labute approximate surface area is 78.8 Å². The second-order valence-electron chi connectivity index (χ2n) is 3.12. The second-order valence-corrected chi connectivity index (χ2v) is 3.12. The lowest BCUT2D eigenvalue weighted by Crippen LogP contribution is -2.32. The Balaban J connectivity index is 2.55. The maximum Gasteiger partial charge on any atom is 0.149 e. The van der Waals surface area contributed by atoms with Crippen LogP contribution in [-0.4, -0.2) is 11.8 Å². The van der Waals surface area contributed by atoms with Gasteiger partial charge < -0.3 is 5.73 Å². The van der Waals surface area contributed by atoms with Gasteiger partial charge in [0.25, 0.3) is 0 Å². The molecule has 0 radical (unpaired) electrons. The number of ketones is 1. The molecule has 0 aliphatic carbocycles. The lowest BCUT2D eigenvalue weighted by molar-refractivity contribution is -0.119. The van der Waals surface area contributed by atoms with Crippen molar-refractivity contribution in [1.82, 2.24) is 0 Å². The lowest BCUT2D eigenvalue weighted by Gasteiger charge is -2.08. The molecule has 1 aromatic rings. The van der Waals surface area contributed by atoms with Gasteiger partial charge in [-0.05, 0) is 12.0 Å². The van der Waals surface area contributed by atoms with E-state index in [1.807, 2.05) is 37.3 Å². The Kier molecular flexibility index (Phi) is 3.65. The van der Waals surface area contributed by atoms with Crippen molar-refractivity contribution in [3.05, 3.63) is 35.9 Å². The van der Waals surface area contributed by atoms with Crippen molar-refractivity contribution < 1.29 is 4.79 Å². The number of Topliss-reactive ketones (excluding diaryl/α,β-unsaturated/α-hetero) is 1. The SMILES string of the molecule is CCC(=O)[C@H](N)Cc1ccccc1. The van der Waals surface area contributed by atoms with E-state index < -0.39 is 0 Å². The minimum Gasteiger partial charge on any atom is -0.321 e. The topological polar surface area (TPSA) is 43.1 Å². The maximum absolute atomic E-state index is 11.2. The Morgan fingerprint density at radius 2 is 2.00 bits per heavy atom. The van der Waals surface area contributed by atoms with Crippen LogP contribution in [0.2, 0.25) is 0 Å². The Bertz CT molecular complexity index is 269. The standard InChI is InChI=1S/C11H15NO/c1-2-11(13)10(12)8-9-6-4-3-5-7-9/h3-7,10H,2,8,12H2,1H3/t10-/m1/s1. The first kappa shape index (κ1) is 9.93. The molecule has 70 valence electrons.